The van der Waals surface area contributed by atoms with Gasteiger partial charge in [-0.15, -0.1) is 24.3 Å². The molecule has 0 atom stereocenters. The van der Waals surface area contributed by atoms with Gasteiger partial charge in [-0.2, -0.15) is 0 Å². The second kappa shape index (κ2) is 13.9. The zero-order chi connectivity index (χ0) is 30.8. The van der Waals surface area contributed by atoms with E-state index in [2.05, 4.69) is 31.0 Å². The molecule has 0 spiro atoms. The van der Waals surface area contributed by atoms with Gasteiger partial charge in [0.1, 0.15) is 0 Å². The Bertz CT molecular complexity index is 1510. The maximum atomic E-state index is 9.87. The predicted molar refractivity (Wildman–Crippen MR) is 156 cm³/mol. The number of nitrogens with zero attached hydrogens (tertiary/aromatic N) is 5. The van der Waals surface area contributed by atoms with Gasteiger partial charge in [-0.25, -0.2) is 4.98 Å². The van der Waals surface area contributed by atoms with Crippen molar-refractivity contribution in [1.82, 2.24) is 24.9 Å². The third-order valence-corrected chi connectivity index (χ3v) is 5.28. The minimum absolute atomic E-state index is 0. The minimum Gasteiger partial charge on any atom is -0.295 e. The third-order valence-electron chi connectivity index (χ3n) is 5.28. The SMILES string of the molecule is F[P-](F)(F)(F)(F)F.[Ru+2].[c-]1c(-c2ccccn2)cccc1-c1ccccn1.c1ccc(-c2cccc(-c3ccccn3)n2)nc1. The molecule has 5 nitrogen and oxygen atoms in total. The third kappa shape index (κ3) is 12.5. The van der Waals surface area contributed by atoms with Crippen LogP contribution in [0.2, 0.25) is 0 Å². The molecule has 0 unspecified atom stereocenters. The molecule has 0 fully saturated rings. The van der Waals surface area contributed by atoms with Gasteiger partial charge in [-0.3, -0.25) is 19.9 Å². The Balaban J connectivity index is 0.000000196. The molecule has 0 aliphatic heterocycles. The first-order valence-corrected chi connectivity index (χ1v) is 14.6. The zero-order valence-electron chi connectivity index (χ0n) is 22.5. The summed E-state index contributed by atoms with van der Waals surface area (Å²) < 4.78 is 59.2. The zero-order valence-corrected chi connectivity index (χ0v) is 25.1. The molecule has 0 N–H and O–H groups in total. The Morgan fingerprint density at radius 2 is 0.682 bits per heavy atom. The fraction of sp³-hybridized carbons (Fsp3) is 0. The van der Waals surface area contributed by atoms with Crippen molar-refractivity contribution in [3.05, 3.63) is 140 Å². The van der Waals surface area contributed by atoms with Crippen LogP contribution < -0.4 is 0 Å². The van der Waals surface area contributed by atoms with Crippen LogP contribution in [0.5, 0.6) is 0 Å². The Morgan fingerprint density at radius 3 is 1.00 bits per heavy atom. The van der Waals surface area contributed by atoms with Crippen LogP contribution in [0.15, 0.2) is 134 Å². The van der Waals surface area contributed by atoms with E-state index in [-0.39, 0.29) is 19.5 Å². The normalized spacial score (nSPS) is 12.0. The summed E-state index contributed by atoms with van der Waals surface area (Å²) in [7, 11) is -10.7. The maximum absolute atomic E-state index is 10.7. The molecule has 44 heavy (non-hydrogen) atoms. The summed E-state index contributed by atoms with van der Waals surface area (Å²) >= 11 is 0. The standard InChI is InChI=1S/C16H11N2.C15H11N3.F6P.Ru/c1-3-10-17-15(8-1)13-6-5-7-14(12-13)16-9-2-4-11-18-16;1-3-10-16-12(6-1)14-8-5-9-15(18-14)13-7-2-4-11-17-13;1-7(2,3,4,5)6;/h2*1-11H;;/q-1;;-1;+2. The van der Waals surface area contributed by atoms with Gasteiger partial charge in [-0.1, -0.05) is 53.6 Å². The van der Waals surface area contributed by atoms with E-state index in [0.29, 0.717) is 0 Å². The number of pyridine rings is 5. The summed E-state index contributed by atoms with van der Waals surface area (Å²) in [5.41, 5.74) is 7.28. The molecule has 5 heterocycles. The van der Waals surface area contributed by atoms with Gasteiger partial charge in [0.05, 0.1) is 22.8 Å². The smallest absolute Gasteiger partial charge is 0.295 e. The number of hydrogen-bond donors (Lipinski definition) is 0. The monoisotopic (exact) mass is 711 g/mol. The van der Waals surface area contributed by atoms with E-state index in [1.807, 2.05) is 109 Å². The van der Waals surface area contributed by atoms with Gasteiger partial charge in [0.25, 0.3) is 0 Å². The molecule has 0 bridgehead atoms. The van der Waals surface area contributed by atoms with E-state index >= 15 is 0 Å². The van der Waals surface area contributed by atoms with Crippen LogP contribution in [-0.4, -0.2) is 24.9 Å². The van der Waals surface area contributed by atoms with E-state index in [1.54, 1.807) is 24.8 Å². The van der Waals surface area contributed by atoms with Crippen molar-refractivity contribution in [2.75, 3.05) is 0 Å². The Kier molecular flexibility index (Phi) is 10.8. The molecule has 0 aliphatic carbocycles. The summed E-state index contributed by atoms with van der Waals surface area (Å²) in [4.78, 5) is 21.9. The Labute approximate surface area is 262 Å². The number of rotatable bonds is 4. The molecular weight excluding hydrogens is 688 g/mol. The summed E-state index contributed by atoms with van der Waals surface area (Å²) in [6.07, 6.45) is 7.11. The van der Waals surface area contributed by atoms with Crippen molar-refractivity contribution in [2.45, 2.75) is 0 Å². The maximum Gasteiger partial charge on any atom is 2.00 e. The fourth-order valence-corrected chi connectivity index (χ4v) is 3.56. The molecule has 6 aromatic rings. The van der Waals surface area contributed by atoms with Crippen molar-refractivity contribution in [1.29, 1.82) is 0 Å². The number of benzene rings is 1. The molecule has 1 aromatic carbocycles. The van der Waals surface area contributed by atoms with Crippen molar-refractivity contribution in [3.63, 3.8) is 0 Å². The van der Waals surface area contributed by atoms with Crippen molar-refractivity contribution >= 4 is 7.81 Å². The van der Waals surface area contributed by atoms with Gasteiger partial charge in [0.2, 0.25) is 0 Å². The Hall–Kier alpha value is -4.40. The van der Waals surface area contributed by atoms with Crippen LogP contribution in [0.25, 0.3) is 45.3 Å². The first-order valence-electron chi connectivity index (χ1n) is 12.5. The second-order valence-corrected chi connectivity index (χ2v) is 10.6. The van der Waals surface area contributed by atoms with Crippen LogP contribution in [-0.2, 0) is 19.5 Å². The quantitative estimate of drug-likeness (QED) is 0.0789. The largest absolute Gasteiger partial charge is 2.00 e. The molecule has 6 rings (SSSR count). The van der Waals surface area contributed by atoms with E-state index in [9.17, 15) is 25.2 Å². The first-order chi connectivity index (χ1) is 20.3. The van der Waals surface area contributed by atoms with Crippen LogP contribution in [0, 0.1) is 6.07 Å². The average Bonchev–Trinajstić information content (AvgIpc) is 3.02. The van der Waals surface area contributed by atoms with Gasteiger partial charge in [-0.05, 0) is 48.5 Å². The minimum atomic E-state index is -10.7. The average molecular weight is 711 g/mol. The van der Waals surface area contributed by atoms with Crippen LogP contribution in [0.1, 0.15) is 0 Å². The van der Waals surface area contributed by atoms with Gasteiger partial charge < -0.3 is 0 Å². The van der Waals surface area contributed by atoms with Crippen molar-refractivity contribution < 1.29 is 44.7 Å². The van der Waals surface area contributed by atoms with Gasteiger partial charge >= 0.3 is 52.5 Å². The first kappa shape index (κ1) is 34.1. The van der Waals surface area contributed by atoms with Crippen molar-refractivity contribution in [3.8, 4) is 45.3 Å². The number of aromatic nitrogens is 5. The van der Waals surface area contributed by atoms with Crippen LogP contribution in [0.4, 0.5) is 25.2 Å². The predicted octanol–water partition coefficient (Wildman–Crippen LogP) is 10.2. The summed E-state index contributed by atoms with van der Waals surface area (Å²) in [6, 6.07) is 38.6. The Morgan fingerprint density at radius 1 is 0.386 bits per heavy atom. The van der Waals surface area contributed by atoms with Crippen molar-refractivity contribution in [2.24, 2.45) is 0 Å². The summed E-state index contributed by atoms with van der Waals surface area (Å²) in [5.74, 6) is 0. The van der Waals surface area contributed by atoms with E-state index < -0.39 is 7.81 Å². The van der Waals surface area contributed by atoms with E-state index in [1.165, 1.54) is 0 Å². The van der Waals surface area contributed by atoms with Crippen LogP contribution in [0.3, 0.4) is 0 Å². The number of hydrogen-bond acceptors (Lipinski definition) is 5. The molecule has 0 saturated heterocycles. The molecule has 0 aliphatic rings. The van der Waals surface area contributed by atoms with E-state index in [4.69, 9.17) is 0 Å². The van der Waals surface area contributed by atoms with Crippen LogP contribution >= 0.6 is 7.81 Å². The van der Waals surface area contributed by atoms with E-state index in [0.717, 1.165) is 45.3 Å². The molecular formula is C31H22F6N5PRu. The van der Waals surface area contributed by atoms with Gasteiger partial charge in [0, 0.05) is 36.2 Å². The number of halogens is 6. The topological polar surface area (TPSA) is 64.5 Å². The molecule has 13 heteroatoms. The second-order valence-electron chi connectivity index (χ2n) is 8.70. The summed E-state index contributed by atoms with van der Waals surface area (Å²) in [6.45, 7) is 0. The molecule has 5 aromatic heterocycles. The molecule has 0 amide bonds. The molecule has 226 valence electrons. The summed E-state index contributed by atoms with van der Waals surface area (Å²) in [5, 5.41) is 0. The fourth-order valence-electron chi connectivity index (χ4n) is 3.56. The molecule has 0 saturated carbocycles. The molecule has 0 radical (unpaired) electrons. The van der Waals surface area contributed by atoms with Gasteiger partial charge in [0.15, 0.2) is 0 Å².